The van der Waals surface area contributed by atoms with E-state index in [9.17, 15) is 5.11 Å². The molecule has 0 aromatic heterocycles. The highest BCUT2D eigenvalue weighted by molar-refractivity contribution is 5.53. The van der Waals surface area contributed by atoms with Crippen molar-refractivity contribution < 1.29 is 5.11 Å². The van der Waals surface area contributed by atoms with Gasteiger partial charge in [0.05, 0.1) is 6.10 Å². The van der Waals surface area contributed by atoms with Crippen LogP contribution < -0.4 is 0 Å². The highest BCUT2D eigenvalue weighted by atomic mass is 16.3. The first-order valence-corrected chi connectivity index (χ1v) is 11.8. The Balaban J connectivity index is 1.63. The molecule has 0 radical (unpaired) electrons. The molecule has 0 aromatic rings. The second-order valence-electron chi connectivity index (χ2n) is 10.7. The van der Waals surface area contributed by atoms with Crippen LogP contribution in [0.4, 0.5) is 0 Å². The van der Waals surface area contributed by atoms with E-state index in [4.69, 9.17) is 0 Å². The van der Waals surface area contributed by atoms with Crippen LogP contribution >= 0.6 is 0 Å². The van der Waals surface area contributed by atoms with Crippen molar-refractivity contribution in [1.82, 2.24) is 0 Å². The van der Waals surface area contributed by atoms with Gasteiger partial charge in [-0.25, -0.2) is 0 Å². The molecule has 154 valence electrons. The minimum atomic E-state index is -0.141. The third-order valence-corrected chi connectivity index (χ3v) is 9.06. The molecule has 7 unspecified atom stereocenters. The minimum Gasteiger partial charge on any atom is -0.393 e. The van der Waals surface area contributed by atoms with Crippen LogP contribution in [0.25, 0.3) is 0 Å². The maximum absolute atomic E-state index is 10.2. The number of rotatable bonds is 4. The zero-order valence-corrected chi connectivity index (χ0v) is 18.7. The van der Waals surface area contributed by atoms with Crippen LogP contribution in [0.5, 0.6) is 0 Å². The van der Waals surface area contributed by atoms with Gasteiger partial charge in [0.25, 0.3) is 0 Å². The average Bonchev–Trinajstić information content (AvgIpc) is 3.03. The fourth-order valence-corrected chi connectivity index (χ4v) is 6.89. The highest BCUT2D eigenvalue weighted by Crippen LogP contribution is 2.63. The zero-order valence-electron chi connectivity index (χ0n) is 18.7. The normalized spacial score (nSPS) is 42.1. The summed E-state index contributed by atoms with van der Waals surface area (Å²) in [5.41, 5.74) is 5.28. The van der Waals surface area contributed by atoms with Gasteiger partial charge in [-0.3, -0.25) is 0 Å². The van der Waals surface area contributed by atoms with Crippen LogP contribution in [0, 0.1) is 34.5 Å². The Bertz CT molecular complexity index is 737. The molecule has 0 spiro atoms. The van der Waals surface area contributed by atoms with Crippen molar-refractivity contribution >= 4 is 0 Å². The van der Waals surface area contributed by atoms with Gasteiger partial charge in [0.2, 0.25) is 0 Å². The molecule has 1 nitrogen and oxygen atoms in total. The standard InChI is InChI=1S/C27H40O/c1-6-18(2)7-8-19(3)23-11-12-24-22-10-9-20-17-21(28)13-15-26(20,4)25(22)14-16-27(23,24)5/h7-10,14,18-19,21,23-24,28H,6,11-13,15-17H2,1-5H3. The second kappa shape index (κ2) is 7.31. The lowest BCUT2D eigenvalue weighted by Gasteiger charge is -2.50. The van der Waals surface area contributed by atoms with Crippen LogP contribution in [0.3, 0.4) is 0 Å². The van der Waals surface area contributed by atoms with Crippen LogP contribution in [0.15, 0.2) is 47.1 Å². The van der Waals surface area contributed by atoms with E-state index in [2.05, 4.69) is 65.0 Å². The Labute approximate surface area is 172 Å². The van der Waals surface area contributed by atoms with Crippen LogP contribution in [0.2, 0.25) is 0 Å². The topological polar surface area (TPSA) is 20.2 Å². The van der Waals surface area contributed by atoms with Crippen LogP contribution in [0.1, 0.15) is 79.6 Å². The van der Waals surface area contributed by atoms with E-state index in [1.807, 2.05) is 0 Å². The third kappa shape index (κ3) is 3.09. The van der Waals surface area contributed by atoms with Gasteiger partial charge in [-0.05, 0) is 78.8 Å². The molecule has 2 fully saturated rings. The zero-order chi connectivity index (χ0) is 20.1. The monoisotopic (exact) mass is 380 g/mol. The van der Waals surface area contributed by atoms with E-state index in [0.717, 1.165) is 25.2 Å². The van der Waals surface area contributed by atoms with Gasteiger partial charge in [0.1, 0.15) is 0 Å². The fraction of sp³-hybridized carbons (Fsp3) is 0.704. The predicted octanol–water partition coefficient (Wildman–Crippen LogP) is 7.00. The maximum Gasteiger partial charge on any atom is 0.0578 e. The molecule has 4 aliphatic rings. The molecule has 4 aliphatic carbocycles. The first kappa shape index (κ1) is 20.2. The van der Waals surface area contributed by atoms with Crippen molar-refractivity contribution in [1.29, 1.82) is 0 Å². The summed E-state index contributed by atoms with van der Waals surface area (Å²) in [5, 5.41) is 10.2. The summed E-state index contributed by atoms with van der Waals surface area (Å²) >= 11 is 0. The molecule has 0 bridgehead atoms. The molecule has 7 atom stereocenters. The second-order valence-corrected chi connectivity index (χ2v) is 10.7. The lowest BCUT2D eigenvalue weighted by Crippen LogP contribution is -2.41. The van der Waals surface area contributed by atoms with Crippen molar-refractivity contribution in [2.45, 2.75) is 85.7 Å². The first-order valence-electron chi connectivity index (χ1n) is 11.8. The van der Waals surface area contributed by atoms with Crippen molar-refractivity contribution in [3.05, 3.63) is 47.1 Å². The summed E-state index contributed by atoms with van der Waals surface area (Å²) in [7, 11) is 0. The smallest absolute Gasteiger partial charge is 0.0578 e. The van der Waals surface area contributed by atoms with Gasteiger partial charge in [-0.2, -0.15) is 0 Å². The number of aliphatic hydroxyl groups excluding tert-OH is 1. The highest BCUT2D eigenvalue weighted by Gasteiger charge is 2.53. The quantitative estimate of drug-likeness (QED) is 0.520. The molecule has 1 heteroatoms. The third-order valence-electron chi connectivity index (χ3n) is 9.06. The van der Waals surface area contributed by atoms with Gasteiger partial charge in [0.15, 0.2) is 0 Å². The summed E-state index contributed by atoms with van der Waals surface area (Å²) < 4.78 is 0. The Morgan fingerprint density at radius 2 is 1.93 bits per heavy atom. The van der Waals surface area contributed by atoms with Gasteiger partial charge in [0, 0.05) is 5.41 Å². The van der Waals surface area contributed by atoms with Gasteiger partial charge in [-0.15, -0.1) is 0 Å². The fourth-order valence-electron chi connectivity index (χ4n) is 6.89. The summed E-state index contributed by atoms with van der Waals surface area (Å²) in [4.78, 5) is 0. The van der Waals surface area contributed by atoms with Gasteiger partial charge < -0.3 is 5.11 Å². The number of allylic oxidation sites excluding steroid dienone is 7. The van der Waals surface area contributed by atoms with Crippen LogP contribution in [-0.2, 0) is 0 Å². The number of aliphatic hydroxyl groups is 1. The van der Waals surface area contributed by atoms with E-state index in [-0.39, 0.29) is 11.5 Å². The van der Waals surface area contributed by atoms with Crippen LogP contribution in [-0.4, -0.2) is 11.2 Å². The Kier molecular flexibility index (Phi) is 5.28. The molecule has 0 aromatic carbocycles. The van der Waals surface area contributed by atoms with Crippen molar-refractivity contribution in [2.75, 3.05) is 0 Å². The van der Waals surface area contributed by atoms with Crippen molar-refractivity contribution in [3.8, 4) is 0 Å². The molecule has 4 rings (SSSR count). The van der Waals surface area contributed by atoms with Gasteiger partial charge >= 0.3 is 0 Å². The lowest BCUT2D eigenvalue weighted by molar-refractivity contribution is 0.114. The molecule has 2 saturated carbocycles. The molecule has 28 heavy (non-hydrogen) atoms. The van der Waals surface area contributed by atoms with E-state index in [0.29, 0.717) is 23.2 Å². The largest absolute Gasteiger partial charge is 0.393 e. The summed E-state index contributed by atoms with van der Waals surface area (Å²) in [6.07, 6.45) is 20.3. The van der Waals surface area contributed by atoms with E-state index in [1.165, 1.54) is 31.3 Å². The molecular formula is C27H40O. The molecule has 1 N–H and O–H groups in total. The number of hydrogen-bond acceptors (Lipinski definition) is 1. The minimum absolute atomic E-state index is 0.141. The van der Waals surface area contributed by atoms with E-state index >= 15 is 0 Å². The predicted molar refractivity (Wildman–Crippen MR) is 119 cm³/mol. The van der Waals surface area contributed by atoms with E-state index in [1.54, 1.807) is 11.1 Å². The van der Waals surface area contributed by atoms with Crippen molar-refractivity contribution in [3.63, 3.8) is 0 Å². The molecule has 0 aliphatic heterocycles. The Morgan fingerprint density at radius 3 is 2.68 bits per heavy atom. The lowest BCUT2D eigenvalue weighted by atomic mass is 9.54. The summed E-state index contributed by atoms with van der Waals surface area (Å²) in [6, 6.07) is 0. The number of fused-ring (bicyclic) bond motifs is 5. The molecule has 0 saturated heterocycles. The Morgan fingerprint density at radius 1 is 1.14 bits per heavy atom. The SMILES string of the molecule is CCC(C)C=CC(C)C1CCC2C3=CC=C4CC(O)CCC4(C)C3=CCC21C. The number of hydrogen-bond donors (Lipinski definition) is 1. The Hall–Kier alpha value is -1.08. The molecule has 0 amide bonds. The van der Waals surface area contributed by atoms with Crippen molar-refractivity contribution in [2.24, 2.45) is 34.5 Å². The molecular weight excluding hydrogens is 340 g/mol. The molecule has 0 heterocycles. The maximum atomic E-state index is 10.2. The first-order chi connectivity index (χ1) is 13.3. The van der Waals surface area contributed by atoms with Gasteiger partial charge in [-0.1, -0.05) is 77.0 Å². The van der Waals surface area contributed by atoms with E-state index < -0.39 is 0 Å². The average molecular weight is 381 g/mol. The summed E-state index contributed by atoms with van der Waals surface area (Å²) in [5.74, 6) is 2.84. The summed E-state index contributed by atoms with van der Waals surface area (Å²) in [6.45, 7) is 12.1.